The molecule has 2 aliphatic heterocycles. The first kappa shape index (κ1) is 16.0. The Morgan fingerprint density at radius 3 is 3.00 bits per heavy atom. The highest BCUT2D eigenvalue weighted by Gasteiger charge is 2.28. The lowest BCUT2D eigenvalue weighted by Gasteiger charge is -2.28. The molecule has 0 spiro atoms. The lowest BCUT2D eigenvalue weighted by atomic mass is 9.98. The first-order valence-electron chi connectivity index (χ1n) is 8.73. The van der Waals surface area contributed by atoms with E-state index in [4.69, 9.17) is 4.74 Å². The first-order chi connectivity index (χ1) is 11.7. The summed E-state index contributed by atoms with van der Waals surface area (Å²) in [5, 5.41) is 8.41. The number of fused-ring (bicyclic) bond motifs is 2. The zero-order valence-corrected chi connectivity index (χ0v) is 15.1. The summed E-state index contributed by atoms with van der Waals surface area (Å²) in [6.45, 7) is 2.96. The number of nitrogens with one attached hydrogen (secondary N) is 1. The highest BCUT2D eigenvalue weighted by atomic mass is 32.2. The Balaban J connectivity index is 1.63. The van der Waals surface area contributed by atoms with E-state index in [1.807, 2.05) is 18.7 Å². The van der Waals surface area contributed by atoms with Gasteiger partial charge in [-0.2, -0.15) is 5.10 Å². The second-order valence-corrected chi connectivity index (χ2v) is 7.69. The topological polar surface area (TPSA) is 52.0 Å². The van der Waals surface area contributed by atoms with Gasteiger partial charge in [-0.25, -0.2) is 9.67 Å². The van der Waals surface area contributed by atoms with Crippen molar-refractivity contribution in [1.82, 2.24) is 20.1 Å². The Kier molecular flexibility index (Phi) is 4.50. The summed E-state index contributed by atoms with van der Waals surface area (Å²) in [5.74, 6) is 4.08. The highest BCUT2D eigenvalue weighted by molar-refractivity contribution is 7.99. The molecule has 3 heterocycles. The fourth-order valence-corrected chi connectivity index (χ4v) is 4.79. The maximum atomic E-state index is 5.46. The van der Waals surface area contributed by atoms with E-state index in [0.29, 0.717) is 6.04 Å². The van der Waals surface area contributed by atoms with Crippen molar-refractivity contribution in [3.8, 4) is 5.75 Å². The molecule has 2 atom stereocenters. The number of thioether (sulfide) groups is 1. The molecule has 0 amide bonds. The van der Waals surface area contributed by atoms with Crippen molar-refractivity contribution in [2.75, 3.05) is 12.9 Å². The van der Waals surface area contributed by atoms with E-state index in [9.17, 15) is 0 Å². The number of aromatic nitrogens is 3. The lowest BCUT2D eigenvalue weighted by molar-refractivity contribution is 0.326. The van der Waals surface area contributed by atoms with Crippen LogP contribution in [0.1, 0.15) is 55.0 Å². The highest BCUT2D eigenvalue weighted by Crippen LogP contribution is 2.38. The fraction of sp³-hybridized carbons (Fsp3) is 0.556. The van der Waals surface area contributed by atoms with Gasteiger partial charge in [0.2, 0.25) is 0 Å². The largest absolute Gasteiger partial charge is 0.497 e. The molecule has 1 aromatic heterocycles. The van der Waals surface area contributed by atoms with Gasteiger partial charge < -0.3 is 10.1 Å². The Bertz CT molecular complexity index is 730. The van der Waals surface area contributed by atoms with Crippen LogP contribution in [0.4, 0.5) is 0 Å². The molecule has 4 rings (SSSR count). The zero-order valence-electron chi connectivity index (χ0n) is 14.3. The number of benzene rings is 1. The summed E-state index contributed by atoms with van der Waals surface area (Å²) in [5.41, 5.74) is 1.37. The van der Waals surface area contributed by atoms with Crippen molar-refractivity contribution in [1.29, 1.82) is 0 Å². The molecule has 1 aromatic carbocycles. The van der Waals surface area contributed by atoms with Crippen LogP contribution in [0.5, 0.6) is 5.75 Å². The summed E-state index contributed by atoms with van der Waals surface area (Å²) < 4.78 is 7.53. The molecule has 0 aliphatic carbocycles. The van der Waals surface area contributed by atoms with Gasteiger partial charge in [0.1, 0.15) is 17.4 Å². The molecule has 6 heteroatoms. The van der Waals surface area contributed by atoms with Crippen LogP contribution in [0.25, 0.3) is 0 Å². The Morgan fingerprint density at radius 1 is 1.25 bits per heavy atom. The van der Waals surface area contributed by atoms with Crippen molar-refractivity contribution in [3.05, 3.63) is 35.4 Å². The third-order valence-corrected chi connectivity index (χ3v) is 6.05. The molecule has 24 heavy (non-hydrogen) atoms. The van der Waals surface area contributed by atoms with Crippen LogP contribution in [0.15, 0.2) is 23.1 Å². The molecule has 0 radical (unpaired) electrons. The molecular weight excluding hydrogens is 320 g/mol. The standard InChI is InChI=1S/C18H24N4OS/c1-12-19-18-16(5-3-9-22(18)21-12)20-15-6-4-10-24-17-8-7-13(23-2)11-14(15)17/h7-8,11,15-16,20H,3-6,9-10H2,1-2H3/t15-,16-/m0/s1. The van der Waals surface area contributed by atoms with Crippen LogP contribution in [0.3, 0.4) is 0 Å². The minimum absolute atomic E-state index is 0.284. The van der Waals surface area contributed by atoms with Gasteiger partial charge in [-0.1, -0.05) is 0 Å². The van der Waals surface area contributed by atoms with E-state index in [2.05, 4.69) is 38.3 Å². The van der Waals surface area contributed by atoms with E-state index in [0.717, 1.165) is 43.2 Å². The van der Waals surface area contributed by atoms with Gasteiger partial charge in [0.15, 0.2) is 0 Å². The molecule has 128 valence electrons. The monoisotopic (exact) mass is 344 g/mol. The predicted octanol–water partition coefficient (Wildman–Crippen LogP) is 3.65. The van der Waals surface area contributed by atoms with Gasteiger partial charge in [-0.05, 0) is 62.1 Å². The number of nitrogens with zero attached hydrogens (tertiary/aromatic N) is 3. The van der Waals surface area contributed by atoms with E-state index in [-0.39, 0.29) is 6.04 Å². The van der Waals surface area contributed by atoms with E-state index >= 15 is 0 Å². The van der Waals surface area contributed by atoms with Crippen molar-refractivity contribution in [2.24, 2.45) is 0 Å². The lowest BCUT2D eigenvalue weighted by Crippen LogP contribution is -2.32. The van der Waals surface area contributed by atoms with Crippen LogP contribution in [0.2, 0.25) is 0 Å². The summed E-state index contributed by atoms with van der Waals surface area (Å²) in [6.07, 6.45) is 4.65. The minimum Gasteiger partial charge on any atom is -0.497 e. The van der Waals surface area contributed by atoms with Crippen LogP contribution in [-0.2, 0) is 6.54 Å². The minimum atomic E-state index is 0.284. The summed E-state index contributed by atoms with van der Waals surface area (Å²) in [6, 6.07) is 7.09. The second-order valence-electron chi connectivity index (χ2n) is 6.55. The van der Waals surface area contributed by atoms with Crippen molar-refractivity contribution < 1.29 is 4.74 Å². The van der Waals surface area contributed by atoms with Crippen LogP contribution in [-0.4, -0.2) is 27.6 Å². The number of aryl methyl sites for hydroxylation is 2. The molecule has 5 nitrogen and oxygen atoms in total. The fourth-order valence-electron chi connectivity index (χ4n) is 3.72. The number of hydrogen-bond acceptors (Lipinski definition) is 5. The number of methoxy groups -OCH3 is 1. The van der Waals surface area contributed by atoms with Crippen molar-refractivity contribution in [2.45, 2.75) is 56.1 Å². The van der Waals surface area contributed by atoms with Crippen molar-refractivity contribution >= 4 is 11.8 Å². The Labute approximate surface area is 147 Å². The number of hydrogen-bond donors (Lipinski definition) is 1. The van der Waals surface area contributed by atoms with Crippen molar-refractivity contribution in [3.63, 3.8) is 0 Å². The van der Waals surface area contributed by atoms with Gasteiger partial charge in [0.25, 0.3) is 0 Å². The van der Waals surface area contributed by atoms with Gasteiger partial charge in [-0.3, -0.25) is 0 Å². The summed E-state index contributed by atoms with van der Waals surface area (Å²) in [7, 11) is 1.74. The summed E-state index contributed by atoms with van der Waals surface area (Å²) >= 11 is 1.96. The molecule has 2 aliphatic rings. The molecule has 0 fully saturated rings. The molecule has 0 unspecified atom stereocenters. The van der Waals surface area contributed by atoms with Gasteiger partial charge in [-0.15, -0.1) is 11.8 Å². The molecule has 0 saturated heterocycles. The maximum Gasteiger partial charge on any atom is 0.147 e. The Hall–Kier alpha value is -1.53. The molecular formula is C18H24N4OS. The van der Waals surface area contributed by atoms with E-state index < -0.39 is 0 Å². The van der Waals surface area contributed by atoms with Gasteiger partial charge >= 0.3 is 0 Å². The SMILES string of the molecule is COc1ccc2c(c1)[C@@H](N[C@H]1CCCn3nc(C)nc31)CCCS2. The smallest absolute Gasteiger partial charge is 0.147 e. The molecule has 1 N–H and O–H groups in total. The van der Waals surface area contributed by atoms with E-state index in [1.165, 1.54) is 22.6 Å². The predicted molar refractivity (Wildman–Crippen MR) is 95.6 cm³/mol. The third kappa shape index (κ3) is 3.05. The third-order valence-electron chi connectivity index (χ3n) is 4.87. The number of ether oxygens (including phenoxy) is 1. The maximum absolute atomic E-state index is 5.46. The van der Waals surface area contributed by atoms with Crippen LogP contribution in [0, 0.1) is 6.92 Å². The Morgan fingerprint density at radius 2 is 2.12 bits per heavy atom. The van der Waals surface area contributed by atoms with Crippen LogP contribution >= 0.6 is 11.8 Å². The molecule has 0 bridgehead atoms. The molecule has 2 aromatic rings. The average molecular weight is 344 g/mol. The van der Waals surface area contributed by atoms with Crippen LogP contribution < -0.4 is 10.1 Å². The van der Waals surface area contributed by atoms with Gasteiger partial charge in [0, 0.05) is 17.5 Å². The average Bonchev–Trinajstić information content (AvgIpc) is 2.87. The quantitative estimate of drug-likeness (QED) is 0.921. The first-order valence-corrected chi connectivity index (χ1v) is 9.71. The van der Waals surface area contributed by atoms with E-state index in [1.54, 1.807) is 7.11 Å². The summed E-state index contributed by atoms with van der Waals surface area (Å²) in [4.78, 5) is 6.05. The normalized spacial score (nSPS) is 23.2. The zero-order chi connectivity index (χ0) is 16.5. The number of rotatable bonds is 3. The second kappa shape index (κ2) is 6.76. The van der Waals surface area contributed by atoms with Gasteiger partial charge in [0.05, 0.1) is 13.2 Å². The molecule has 0 saturated carbocycles.